The van der Waals surface area contributed by atoms with Crippen LogP contribution in [0.15, 0.2) is 18.2 Å². The fourth-order valence-electron chi connectivity index (χ4n) is 2.87. The van der Waals surface area contributed by atoms with Crippen molar-refractivity contribution in [2.45, 2.75) is 45.1 Å². The van der Waals surface area contributed by atoms with E-state index in [1.165, 1.54) is 36.8 Å². The van der Waals surface area contributed by atoms with Crippen LogP contribution in [0.5, 0.6) is 5.75 Å². The summed E-state index contributed by atoms with van der Waals surface area (Å²) >= 11 is 0. The number of aryl methyl sites for hydroxylation is 2. The fourth-order valence-corrected chi connectivity index (χ4v) is 2.87. The molecule has 94 valence electrons. The standard InChI is InChI=1S/C15H23NO/c1-11-10-12(7-9-15(11)17-2)6-8-13-4-3-5-14(13)16/h7,9-10,13-14H,3-6,8,16H2,1-2H3. The van der Waals surface area contributed by atoms with Crippen molar-refractivity contribution in [1.82, 2.24) is 0 Å². The molecule has 17 heavy (non-hydrogen) atoms. The van der Waals surface area contributed by atoms with Gasteiger partial charge in [0, 0.05) is 6.04 Å². The molecule has 0 amide bonds. The monoisotopic (exact) mass is 233 g/mol. The quantitative estimate of drug-likeness (QED) is 0.867. The molecule has 2 nitrogen and oxygen atoms in total. The second-order valence-corrected chi connectivity index (χ2v) is 5.20. The first kappa shape index (κ1) is 12.4. The van der Waals surface area contributed by atoms with Crippen LogP contribution in [0.1, 0.15) is 36.8 Å². The molecule has 1 aliphatic rings. The van der Waals surface area contributed by atoms with Gasteiger partial charge in [0.1, 0.15) is 5.75 Å². The van der Waals surface area contributed by atoms with Crippen molar-refractivity contribution < 1.29 is 4.74 Å². The van der Waals surface area contributed by atoms with E-state index in [4.69, 9.17) is 10.5 Å². The molecule has 1 aromatic rings. The molecular weight excluding hydrogens is 210 g/mol. The van der Waals surface area contributed by atoms with E-state index in [0.29, 0.717) is 6.04 Å². The Hall–Kier alpha value is -1.02. The van der Waals surface area contributed by atoms with Gasteiger partial charge in [0.05, 0.1) is 7.11 Å². The van der Waals surface area contributed by atoms with Crippen LogP contribution >= 0.6 is 0 Å². The minimum atomic E-state index is 0.439. The van der Waals surface area contributed by atoms with Crippen LogP contribution in [0.4, 0.5) is 0 Å². The van der Waals surface area contributed by atoms with Crippen molar-refractivity contribution in [2.75, 3.05) is 7.11 Å². The Morgan fingerprint density at radius 3 is 2.76 bits per heavy atom. The summed E-state index contributed by atoms with van der Waals surface area (Å²) in [5, 5.41) is 0. The van der Waals surface area contributed by atoms with Crippen LogP contribution in [-0.2, 0) is 6.42 Å². The molecule has 2 rings (SSSR count). The van der Waals surface area contributed by atoms with Crippen molar-refractivity contribution in [1.29, 1.82) is 0 Å². The first-order chi connectivity index (χ1) is 8.20. The highest BCUT2D eigenvalue weighted by Crippen LogP contribution is 2.28. The predicted molar refractivity (Wildman–Crippen MR) is 71.4 cm³/mol. The number of hydrogen-bond acceptors (Lipinski definition) is 2. The van der Waals surface area contributed by atoms with Crippen LogP contribution < -0.4 is 10.5 Å². The van der Waals surface area contributed by atoms with Crippen LogP contribution in [-0.4, -0.2) is 13.2 Å². The summed E-state index contributed by atoms with van der Waals surface area (Å²) in [6.45, 7) is 2.10. The highest BCUT2D eigenvalue weighted by atomic mass is 16.5. The zero-order valence-electron chi connectivity index (χ0n) is 10.9. The lowest BCUT2D eigenvalue weighted by Crippen LogP contribution is -2.24. The third kappa shape index (κ3) is 3.01. The molecule has 2 heteroatoms. The van der Waals surface area contributed by atoms with Crippen LogP contribution in [0, 0.1) is 12.8 Å². The SMILES string of the molecule is COc1ccc(CCC2CCCC2N)cc1C. The summed E-state index contributed by atoms with van der Waals surface area (Å²) in [6.07, 6.45) is 6.21. The van der Waals surface area contributed by atoms with Crippen molar-refractivity contribution >= 4 is 0 Å². The summed E-state index contributed by atoms with van der Waals surface area (Å²) in [4.78, 5) is 0. The molecule has 0 radical (unpaired) electrons. The molecule has 1 fully saturated rings. The molecule has 0 bridgehead atoms. The Morgan fingerprint density at radius 2 is 2.18 bits per heavy atom. The Balaban J connectivity index is 1.92. The van der Waals surface area contributed by atoms with Gasteiger partial charge < -0.3 is 10.5 Å². The van der Waals surface area contributed by atoms with Gasteiger partial charge in [-0.2, -0.15) is 0 Å². The Bertz CT molecular complexity index is 375. The zero-order chi connectivity index (χ0) is 12.3. The van der Waals surface area contributed by atoms with Gasteiger partial charge in [-0.05, 0) is 55.7 Å². The molecule has 2 unspecified atom stereocenters. The summed E-state index contributed by atoms with van der Waals surface area (Å²) in [5.41, 5.74) is 8.73. The Labute approximate surface area is 104 Å². The second-order valence-electron chi connectivity index (χ2n) is 5.20. The minimum Gasteiger partial charge on any atom is -0.496 e. The van der Waals surface area contributed by atoms with E-state index in [1.807, 2.05) is 0 Å². The normalized spacial score (nSPS) is 23.9. The molecule has 0 saturated heterocycles. The summed E-state index contributed by atoms with van der Waals surface area (Å²) in [5.74, 6) is 1.71. The maximum Gasteiger partial charge on any atom is 0.121 e. The molecule has 1 aliphatic carbocycles. The van der Waals surface area contributed by atoms with Gasteiger partial charge >= 0.3 is 0 Å². The number of methoxy groups -OCH3 is 1. The lowest BCUT2D eigenvalue weighted by Gasteiger charge is -2.15. The lowest BCUT2D eigenvalue weighted by atomic mass is 9.95. The van der Waals surface area contributed by atoms with Crippen LogP contribution in [0.3, 0.4) is 0 Å². The highest BCUT2D eigenvalue weighted by Gasteiger charge is 2.23. The second kappa shape index (κ2) is 5.54. The van der Waals surface area contributed by atoms with E-state index < -0.39 is 0 Å². The molecule has 0 aromatic heterocycles. The molecule has 0 spiro atoms. The van der Waals surface area contributed by atoms with Gasteiger partial charge in [0.2, 0.25) is 0 Å². The first-order valence-electron chi connectivity index (χ1n) is 6.60. The molecule has 2 N–H and O–H groups in total. The van der Waals surface area contributed by atoms with Gasteiger partial charge in [-0.1, -0.05) is 18.6 Å². The van der Waals surface area contributed by atoms with E-state index in [1.54, 1.807) is 7.11 Å². The van der Waals surface area contributed by atoms with Gasteiger partial charge in [-0.15, -0.1) is 0 Å². The van der Waals surface area contributed by atoms with Crippen molar-refractivity contribution in [3.63, 3.8) is 0 Å². The number of ether oxygens (including phenoxy) is 1. The Morgan fingerprint density at radius 1 is 1.35 bits per heavy atom. The van der Waals surface area contributed by atoms with Crippen LogP contribution in [0.2, 0.25) is 0 Å². The van der Waals surface area contributed by atoms with E-state index in [0.717, 1.165) is 18.1 Å². The largest absolute Gasteiger partial charge is 0.496 e. The average Bonchev–Trinajstić information content (AvgIpc) is 2.72. The summed E-state index contributed by atoms with van der Waals surface area (Å²) in [6, 6.07) is 6.92. The van der Waals surface area contributed by atoms with E-state index in [-0.39, 0.29) is 0 Å². The minimum absolute atomic E-state index is 0.439. The molecule has 0 aliphatic heterocycles. The molecule has 0 heterocycles. The first-order valence-corrected chi connectivity index (χ1v) is 6.60. The number of benzene rings is 1. The third-order valence-electron chi connectivity index (χ3n) is 3.98. The zero-order valence-corrected chi connectivity index (χ0v) is 10.9. The summed E-state index contributed by atoms with van der Waals surface area (Å²) in [7, 11) is 1.72. The maximum atomic E-state index is 6.10. The fraction of sp³-hybridized carbons (Fsp3) is 0.600. The van der Waals surface area contributed by atoms with Gasteiger partial charge in [0.25, 0.3) is 0 Å². The van der Waals surface area contributed by atoms with E-state index in [2.05, 4.69) is 25.1 Å². The van der Waals surface area contributed by atoms with Gasteiger partial charge in [0.15, 0.2) is 0 Å². The molecule has 1 aromatic carbocycles. The Kier molecular flexibility index (Phi) is 4.06. The van der Waals surface area contributed by atoms with Crippen molar-refractivity contribution in [3.05, 3.63) is 29.3 Å². The highest BCUT2D eigenvalue weighted by molar-refractivity contribution is 5.36. The topological polar surface area (TPSA) is 35.2 Å². The number of rotatable bonds is 4. The number of hydrogen-bond donors (Lipinski definition) is 1. The lowest BCUT2D eigenvalue weighted by molar-refractivity contribution is 0.411. The van der Waals surface area contributed by atoms with Gasteiger partial charge in [-0.25, -0.2) is 0 Å². The average molecular weight is 233 g/mol. The molecule has 1 saturated carbocycles. The van der Waals surface area contributed by atoms with E-state index in [9.17, 15) is 0 Å². The maximum absolute atomic E-state index is 6.10. The predicted octanol–water partition coefficient (Wildman–Crippen LogP) is 3.06. The summed E-state index contributed by atoms with van der Waals surface area (Å²) < 4.78 is 5.27. The molecule has 2 atom stereocenters. The smallest absolute Gasteiger partial charge is 0.121 e. The van der Waals surface area contributed by atoms with E-state index >= 15 is 0 Å². The molecular formula is C15H23NO. The van der Waals surface area contributed by atoms with Crippen molar-refractivity contribution in [3.8, 4) is 5.75 Å². The van der Waals surface area contributed by atoms with Crippen LogP contribution in [0.25, 0.3) is 0 Å². The van der Waals surface area contributed by atoms with Gasteiger partial charge in [-0.3, -0.25) is 0 Å². The number of nitrogens with two attached hydrogens (primary N) is 1. The van der Waals surface area contributed by atoms with Crippen molar-refractivity contribution in [2.24, 2.45) is 11.7 Å². The third-order valence-corrected chi connectivity index (χ3v) is 3.98.